The van der Waals surface area contributed by atoms with Crippen LogP contribution in [0.3, 0.4) is 0 Å². The lowest BCUT2D eigenvalue weighted by Crippen LogP contribution is -2.29. The van der Waals surface area contributed by atoms with Gasteiger partial charge >= 0.3 is 0 Å². The molecule has 21 heavy (non-hydrogen) atoms. The maximum atomic E-state index is 6.01. The van der Waals surface area contributed by atoms with Gasteiger partial charge in [-0.15, -0.1) is 0 Å². The highest BCUT2D eigenvalue weighted by Gasteiger charge is 2.20. The van der Waals surface area contributed by atoms with E-state index >= 15 is 0 Å². The van der Waals surface area contributed by atoms with E-state index in [0.717, 1.165) is 16.9 Å². The predicted molar refractivity (Wildman–Crippen MR) is 84.8 cm³/mol. The Morgan fingerprint density at radius 1 is 1.14 bits per heavy atom. The summed E-state index contributed by atoms with van der Waals surface area (Å²) in [7, 11) is 1.61. The molecule has 112 valence electrons. The third-order valence-corrected chi connectivity index (χ3v) is 3.44. The summed E-state index contributed by atoms with van der Waals surface area (Å²) in [5.74, 6) is 7.24. The molecule has 4 nitrogen and oxygen atoms in total. The number of methoxy groups -OCH3 is 1. The van der Waals surface area contributed by atoms with Crippen LogP contribution < -0.4 is 20.7 Å². The minimum atomic E-state index is -0.250. The molecule has 2 aromatic carbocycles. The molecule has 0 bridgehead atoms. The molecule has 0 aliphatic carbocycles. The molecular formula is C16H19ClN2O2. The summed E-state index contributed by atoms with van der Waals surface area (Å²) in [6.07, 6.45) is 0. The number of halogens is 1. The fourth-order valence-electron chi connectivity index (χ4n) is 2.28. The molecule has 0 heterocycles. The first kappa shape index (κ1) is 15.6. The molecule has 2 aromatic rings. The third kappa shape index (κ3) is 3.47. The molecule has 1 unspecified atom stereocenters. The van der Waals surface area contributed by atoms with E-state index in [2.05, 4.69) is 5.43 Å². The lowest BCUT2D eigenvalue weighted by atomic mass is 9.97. The lowest BCUT2D eigenvalue weighted by molar-refractivity contribution is 0.333. The number of nitrogens with one attached hydrogen (secondary N) is 1. The minimum absolute atomic E-state index is 0.250. The van der Waals surface area contributed by atoms with Crippen molar-refractivity contribution >= 4 is 11.6 Å². The summed E-state index contributed by atoms with van der Waals surface area (Å²) in [6.45, 7) is 2.54. The molecule has 0 fully saturated rings. The number of para-hydroxylation sites is 1. The number of benzene rings is 2. The zero-order valence-corrected chi connectivity index (χ0v) is 12.9. The number of hydrazine groups is 1. The summed E-state index contributed by atoms with van der Waals surface area (Å²) in [6, 6.07) is 13.0. The smallest absolute Gasteiger partial charge is 0.125 e. The Morgan fingerprint density at radius 2 is 1.86 bits per heavy atom. The van der Waals surface area contributed by atoms with Gasteiger partial charge in [0, 0.05) is 16.1 Å². The molecule has 0 aliphatic heterocycles. The van der Waals surface area contributed by atoms with Crippen molar-refractivity contribution in [2.24, 2.45) is 5.84 Å². The summed E-state index contributed by atoms with van der Waals surface area (Å²) in [5.41, 5.74) is 4.67. The number of ether oxygens (including phenoxy) is 2. The number of rotatable bonds is 6. The van der Waals surface area contributed by atoms with Crippen molar-refractivity contribution in [2.45, 2.75) is 13.0 Å². The number of hydrogen-bond acceptors (Lipinski definition) is 4. The van der Waals surface area contributed by atoms with Crippen LogP contribution in [-0.4, -0.2) is 13.7 Å². The molecule has 0 radical (unpaired) electrons. The van der Waals surface area contributed by atoms with E-state index in [4.69, 9.17) is 26.9 Å². The quantitative estimate of drug-likeness (QED) is 0.635. The molecule has 0 aromatic heterocycles. The first-order chi connectivity index (χ1) is 10.2. The van der Waals surface area contributed by atoms with E-state index in [1.807, 2.05) is 43.3 Å². The molecule has 0 aliphatic rings. The first-order valence-corrected chi connectivity index (χ1v) is 7.10. The van der Waals surface area contributed by atoms with Crippen molar-refractivity contribution in [2.75, 3.05) is 13.7 Å². The fourth-order valence-corrected chi connectivity index (χ4v) is 2.44. The molecule has 0 saturated heterocycles. The molecule has 5 heteroatoms. The van der Waals surface area contributed by atoms with Crippen molar-refractivity contribution in [3.63, 3.8) is 0 Å². The van der Waals surface area contributed by atoms with Gasteiger partial charge < -0.3 is 9.47 Å². The highest BCUT2D eigenvalue weighted by Crippen LogP contribution is 2.35. The van der Waals surface area contributed by atoms with Crippen molar-refractivity contribution in [1.82, 2.24) is 5.43 Å². The second kappa shape index (κ2) is 7.31. The van der Waals surface area contributed by atoms with Crippen molar-refractivity contribution < 1.29 is 9.47 Å². The summed E-state index contributed by atoms with van der Waals surface area (Å²) < 4.78 is 11.1. The first-order valence-electron chi connectivity index (χ1n) is 6.72. The van der Waals surface area contributed by atoms with E-state index < -0.39 is 0 Å². The Balaban J connectivity index is 2.49. The number of hydrogen-bond donors (Lipinski definition) is 2. The van der Waals surface area contributed by atoms with Gasteiger partial charge in [-0.05, 0) is 25.1 Å². The molecule has 0 saturated carbocycles. The third-order valence-electron chi connectivity index (χ3n) is 3.20. The van der Waals surface area contributed by atoms with Crippen molar-refractivity contribution in [1.29, 1.82) is 0 Å². The van der Waals surface area contributed by atoms with E-state index in [0.29, 0.717) is 17.4 Å². The second-order valence-electron chi connectivity index (χ2n) is 4.46. The average molecular weight is 307 g/mol. The van der Waals surface area contributed by atoms with Gasteiger partial charge in [-0.2, -0.15) is 0 Å². The van der Waals surface area contributed by atoms with Gasteiger partial charge in [-0.1, -0.05) is 35.9 Å². The predicted octanol–water partition coefficient (Wildman–Crippen LogP) is 3.30. The van der Waals surface area contributed by atoms with E-state index in [-0.39, 0.29) is 6.04 Å². The van der Waals surface area contributed by atoms with Crippen LogP contribution in [0.15, 0.2) is 42.5 Å². The van der Waals surface area contributed by atoms with Gasteiger partial charge in [0.1, 0.15) is 11.5 Å². The number of nitrogens with two attached hydrogens (primary N) is 1. The Labute approximate surface area is 129 Å². The topological polar surface area (TPSA) is 56.5 Å². The standard InChI is InChI=1S/C16H19ClN2O2/c1-3-21-14-7-5-4-6-12(14)16(19-18)13-9-8-11(17)10-15(13)20-2/h4-10,16,19H,3,18H2,1-2H3. The van der Waals surface area contributed by atoms with E-state index in [9.17, 15) is 0 Å². The summed E-state index contributed by atoms with van der Waals surface area (Å²) in [5, 5.41) is 0.615. The van der Waals surface area contributed by atoms with Crippen LogP contribution in [0.4, 0.5) is 0 Å². The zero-order valence-electron chi connectivity index (χ0n) is 12.1. The SMILES string of the molecule is CCOc1ccccc1C(NN)c1ccc(Cl)cc1OC. The zero-order chi connectivity index (χ0) is 15.2. The Morgan fingerprint density at radius 3 is 2.52 bits per heavy atom. The van der Waals surface area contributed by atoms with Crippen LogP contribution in [0, 0.1) is 0 Å². The second-order valence-corrected chi connectivity index (χ2v) is 4.89. The van der Waals surface area contributed by atoms with Gasteiger partial charge in [0.25, 0.3) is 0 Å². The molecule has 2 rings (SSSR count). The van der Waals surface area contributed by atoms with Crippen LogP contribution in [0.2, 0.25) is 5.02 Å². The lowest BCUT2D eigenvalue weighted by Gasteiger charge is -2.22. The highest BCUT2D eigenvalue weighted by atomic mass is 35.5. The normalized spacial score (nSPS) is 12.0. The van der Waals surface area contributed by atoms with E-state index in [1.165, 1.54) is 0 Å². The summed E-state index contributed by atoms with van der Waals surface area (Å²) >= 11 is 6.01. The average Bonchev–Trinajstić information content (AvgIpc) is 2.51. The Kier molecular flexibility index (Phi) is 5.44. The molecule has 0 amide bonds. The molecular weight excluding hydrogens is 288 g/mol. The van der Waals surface area contributed by atoms with Crippen LogP contribution in [-0.2, 0) is 0 Å². The Bertz CT molecular complexity index is 605. The molecule has 1 atom stereocenters. The Hall–Kier alpha value is -1.75. The van der Waals surface area contributed by atoms with Gasteiger partial charge in [0.05, 0.1) is 19.8 Å². The monoisotopic (exact) mass is 306 g/mol. The van der Waals surface area contributed by atoms with Crippen molar-refractivity contribution in [3.05, 3.63) is 58.6 Å². The highest BCUT2D eigenvalue weighted by molar-refractivity contribution is 6.30. The van der Waals surface area contributed by atoms with Crippen LogP contribution in [0.25, 0.3) is 0 Å². The molecule has 3 N–H and O–H groups in total. The maximum absolute atomic E-state index is 6.01. The minimum Gasteiger partial charge on any atom is -0.496 e. The van der Waals surface area contributed by atoms with E-state index in [1.54, 1.807) is 13.2 Å². The molecule has 0 spiro atoms. The van der Waals surface area contributed by atoms with Crippen LogP contribution in [0.1, 0.15) is 24.1 Å². The fraction of sp³-hybridized carbons (Fsp3) is 0.250. The van der Waals surface area contributed by atoms with Crippen LogP contribution in [0.5, 0.6) is 11.5 Å². The van der Waals surface area contributed by atoms with Gasteiger partial charge in [0.2, 0.25) is 0 Å². The van der Waals surface area contributed by atoms with Gasteiger partial charge in [-0.25, -0.2) is 5.43 Å². The maximum Gasteiger partial charge on any atom is 0.125 e. The van der Waals surface area contributed by atoms with Gasteiger partial charge in [0.15, 0.2) is 0 Å². The summed E-state index contributed by atoms with van der Waals surface area (Å²) in [4.78, 5) is 0. The van der Waals surface area contributed by atoms with Gasteiger partial charge in [-0.3, -0.25) is 5.84 Å². The van der Waals surface area contributed by atoms with Crippen LogP contribution >= 0.6 is 11.6 Å². The van der Waals surface area contributed by atoms with Crippen molar-refractivity contribution in [3.8, 4) is 11.5 Å². The largest absolute Gasteiger partial charge is 0.496 e.